The van der Waals surface area contributed by atoms with Crippen LogP contribution in [0.4, 0.5) is 5.82 Å². The summed E-state index contributed by atoms with van der Waals surface area (Å²) < 4.78 is 15.2. The summed E-state index contributed by atoms with van der Waals surface area (Å²) in [5.41, 5.74) is 4.18. The lowest BCUT2D eigenvalue weighted by Crippen LogP contribution is -2.37. The van der Waals surface area contributed by atoms with Gasteiger partial charge < -0.3 is 14.4 Å². The Morgan fingerprint density at radius 3 is 2.56 bits per heavy atom. The fraction of sp³-hybridized carbons (Fsp3) is 0.360. The highest BCUT2D eigenvalue weighted by atomic mass is 16.5. The van der Waals surface area contributed by atoms with Gasteiger partial charge in [-0.25, -0.2) is 4.68 Å². The molecule has 1 aliphatic rings. The summed E-state index contributed by atoms with van der Waals surface area (Å²) in [7, 11) is 1.91. The molecule has 0 bridgehead atoms. The lowest BCUT2D eigenvalue weighted by molar-refractivity contribution is 0.122. The van der Waals surface area contributed by atoms with Gasteiger partial charge in [0, 0.05) is 50.1 Å². The first-order chi connectivity index (χ1) is 16.7. The molecule has 9 heteroatoms. The zero-order valence-corrected chi connectivity index (χ0v) is 19.6. The van der Waals surface area contributed by atoms with Crippen LogP contribution in [0.2, 0.25) is 0 Å². The third kappa shape index (κ3) is 4.94. The molecule has 0 unspecified atom stereocenters. The van der Waals surface area contributed by atoms with Crippen LogP contribution in [0.1, 0.15) is 18.2 Å². The molecule has 0 aliphatic carbocycles. The monoisotopic (exact) mass is 459 g/mol. The molecule has 1 saturated heterocycles. The average molecular weight is 460 g/mol. The zero-order chi connectivity index (χ0) is 23.3. The van der Waals surface area contributed by atoms with E-state index in [0.29, 0.717) is 31.6 Å². The molecule has 5 rings (SSSR count). The number of aromatic nitrogens is 6. The van der Waals surface area contributed by atoms with Crippen LogP contribution < -0.4 is 9.64 Å². The normalized spacial score (nSPS) is 13.9. The Bertz CT molecular complexity index is 1230. The molecule has 4 heterocycles. The van der Waals surface area contributed by atoms with Gasteiger partial charge >= 0.3 is 6.01 Å². The Balaban J connectivity index is 1.46. The van der Waals surface area contributed by atoms with Crippen molar-refractivity contribution >= 4 is 5.82 Å². The lowest BCUT2D eigenvalue weighted by atomic mass is 10.1. The van der Waals surface area contributed by atoms with Crippen molar-refractivity contribution in [3.05, 3.63) is 66.1 Å². The highest BCUT2D eigenvalue weighted by molar-refractivity contribution is 5.60. The molecule has 0 N–H and O–H groups in total. The van der Waals surface area contributed by atoms with E-state index in [9.17, 15) is 0 Å². The molecule has 1 aliphatic heterocycles. The van der Waals surface area contributed by atoms with Crippen LogP contribution in [0, 0.1) is 0 Å². The van der Waals surface area contributed by atoms with E-state index in [2.05, 4.69) is 35.1 Å². The highest BCUT2D eigenvalue weighted by Gasteiger charge is 2.19. The molecule has 0 atom stereocenters. The molecule has 34 heavy (non-hydrogen) atoms. The van der Waals surface area contributed by atoms with E-state index in [1.807, 2.05) is 48.4 Å². The maximum atomic E-state index is 6.02. The van der Waals surface area contributed by atoms with Crippen LogP contribution in [0.15, 0.2) is 54.9 Å². The Labute approximate surface area is 199 Å². The smallest absolute Gasteiger partial charge is 0.320 e. The third-order valence-corrected chi connectivity index (χ3v) is 5.83. The first kappa shape index (κ1) is 22.1. The molecule has 9 nitrogen and oxygen atoms in total. The quantitative estimate of drug-likeness (QED) is 0.400. The van der Waals surface area contributed by atoms with Crippen LogP contribution in [-0.2, 0) is 24.6 Å². The molecule has 0 radical (unpaired) electrons. The van der Waals surface area contributed by atoms with E-state index in [4.69, 9.17) is 24.5 Å². The number of ether oxygens (including phenoxy) is 2. The molecule has 0 saturated carbocycles. The molecule has 3 aromatic heterocycles. The predicted molar refractivity (Wildman–Crippen MR) is 129 cm³/mol. The van der Waals surface area contributed by atoms with Crippen LogP contribution in [0.5, 0.6) is 6.01 Å². The minimum Gasteiger partial charge on any atom is -0.463 e. The summed E-state index contributed by atoms with van der Waals surface area (Å²) in [6.45, 7) is 5.50. The van der Waals surface area contributed by atoms with Crippen molar-refractivity contribution in [1.82, 2.24) is 29.5 Å². The fourth-order valence-corrected chi connectivity index (χ4v) is 4.01. The second-order valence-corrected chi connectivity index (χ2v) is 8.24. The van der Waals surface area contributed by atoms with Crippen LogP contribution >= 0.6 is 0 Å². The van der Waals surface area contributed by atoms with Crippen LogP contribution in [0.3, 0.4) is 0 Å². The molecule has 4 aromatic rings. The van der Waals surface area contributed by atoms with Crippen molar-refractivity contribution in [2.75, 3.05) is 37.8 Å². The van der Waals surface area contributed by atoms with Gasteiger partial charge in [0.25, 0.3) is 0 Å². The zero-order valence-electron chi connectivity index (χ0n) is 19.6. The summed E-state index contributed by atoms with van der Waals surface area (Å²) >= 11 is 0. The van der Waals surface area contributed by atoms with Crippen molar-refractivity contribution in [3.8, 4) is 23.1 Å². The summed E-state index contributed by atoms with van der Waals surface area (Å²) in [4.78, 5) is 11.7. The standard InChI is InChI=1S/C25H29N7O2/c1-3-21-15-22(20-7-5-4-6-8-20)29-32(21)24-16-23(31-10-13-33-14-11-31)27-25(28-24)34-12-9-19-17-26-30(2)18-19/h4-8,15-18H,3,9-14H2,1-2H3. The number of morpholine rings is 1. The molecule has 1 aromatic carbocycles. The summed E-state index contributed by atoms with van der Waals surface area (Å²) in [6, 6.07) is 14.6. The highest BCUT2D eigenvalue weighted by Crippen LogP contribution is 2.25. The lowest BCUT2D eigenvalue weighted by Gasteiger charge is -2.28. The van der Waals surface area contributed by atoms with Gasteiger partial charge in [0.2, 0.25) is 0 Å². The van der Waals surface area contributed by atoms with Crippen molar-refractivity contribution in [1.29, 1.82) is 0 Å². The van der Waals surface area contributed by atoms with Crippen molar-refractivity contribution in [2.24, 2.45) is 7.05 Å². The number of hydrogen-bond acceptors (Lipinski definition) is 7. The molecule has 0 spiro atoms. The Hall–Kier alpha value is -3.72. The summed E-state index contributed by atoms with van der Waals surface area (Å²) in [6.07, 6.45) is 5.40. The van der Waals surface area contributed by atoms with Gasteiger partial charge in [-0.05, 0) is 18.1 Å². The van der Waals surface area contributed by atoms with Gasteiger partial charge in [-0.1, -0.05) is 37.3 Å². The predicted octanol–water partition coefficient (Wildman–Crippen LogP) is 3.08. The van der Waals surface area contributed by atoms with Crippen LogP contribution in [0.25, 0.3) is 17.1 Å². The van der Waals surface area contributed by atoms with Crippen molar-refractivity contribution < 1.29 is 9.47 Å². The van der Waals surface area contributed by atoms with E-state index >= 15 is 0 Å². The second-order valence-electron chi connectivity index (χ2n) is 8.24. The topological polar surface area (TPSA) is 83.1 Å². The second kappa shape index (κ2) is 10.0. The van der Waals surface area contributed by atoms with Crippen LogP contribution in [-0.4, -0.2) is 62.4 Å². The number of anilines is 1. The van der Waals surface area contributed by atoms with E-state index in [0.717, 1.165) is 54.3 Å². The van der Waals surface area contributed by atoms with Gasteiger partial charge in [-0.2, -0.15) is 20.2 Å². The summed E-state index contributed by atoms with van der Waals surface area (Å²) in [5.74, 6) is 1.52. The fourth-order valence-electron chi connectivity index (χ4n) is 4.01. The minimum atomic E-state index is 0.349. The summed E-state index contributed by atoms with van der Waals surface area (Å²) in [5, 5.41) is 9.11. The average Bonchev–Trinajstić information content (AvgIpc) is 3.51. The Morgan fingerprint density at radius 2 is 1.82 bits per heavy atom. The third-order valence-electron chi connectivity index (χ3n) is 5.83. The van der Waals surface area contributed by atoms with E-state index < -0.39 is 0 Å². The molecule has 1 fully saturated rings. The molecule has 176 valence electrons. The van der Waals surface area contributed by atoms with Gasteiger partial charge in [0.05, 0.1) is 31.7 Å². The van der Waals surface area contributed by atoms with E-state index in [-0.39, 0.29) is 0 Å². The molecular formula is C25H29N7O2. The molecular weight excluding hydrogens is 430 g/mol. The van der Waals surface area contributed by atoms with Crippen molar-refractivity contribution in [3.63, 3.8) is 0 Å². The number of rotatable bonds is 8. The Kier molecular flexibility index (Phi) is 6.53. The van der Waals surface area contributed by atoms with E-state index in [1.165, 1.54) is 0 Å². The van der Waals surface area contributed by atoms with Gasteiger partial charge in [-0.15, -0.1) is 0 Å². The number of hydrogen-bond donors (Lipinski definition) is 0. The first-order valence-electron chi connectivity index (χ1n) is 11.7. The SMILES string of the molecule is CCc1cc(-c2ccccc2)nn1-c1cc(N2CCOCC2)nc(OCCc2cnn(C)c2)n1. The maximum Gasteiger partial charge on any atom is 0.320 e. The van der Waals surface area contributed by atoms with Gasteiger partial charge in [0.15, 0.2) is 5.82 Å². The number of nitrogens with zero attached hydrogens (tertiary/aromatic N) is 7. The number of aryl methyl sites for hydroxylation is 2. The minimum absolute atomic E-state index is 0.349. The van der Waals surface area contributed by atoms with Gasteiger partial charge in [-0.3, -0.25) is 4.68 Å². The maximum absolute atomic E-state index is 6.02. The van der Waals surface area contributed by atoms with E-state index in [1.54, 1.807) is 4.68 Å². The first-order valence-corrected chi connectivity index (χ1v) is 11.7. The number of benzene rings is 1. The van der Waals surface area contributed by atoms with Crippen molar-refractivity contribution in [2.45, 2.75) is 19.8 Å². The van der Waals surface area contributed by atoms with Gasteiger partial charge in [0.1, 0.15) is 5.82 Å². The molecule has 0 amide bonds. The largest absolute Gasteiger partial charge is 0.463 e. The Morgan fingerprint density at radius 1 is 1.03 bits per heavy atom.